The Morgan fingerprint density at radius 2 is 1.47 bits per heavy atom. The van der Waals surface area contributed by atoms with Gasteiger partial charge in [0.15, 0.2) is 6.19 Å². The molecule has 0 spiro atoms. The highest BCUT2D eigenvalue weighted by Gasteiger charge is 1.97. The number of aryl methyl sites for hydroxylation is 1. The van der Waals surface area contributed by atoms with E-state index < -0.39 is 0 Å². The second kappa shape index (κ2) is 5.04. The Balaban J connectivity index is 2.09. The molecule has 0 amide bonds. The zero-order chi connectivity index (χ0) is 12.1. The van der Waals surface area contributed by atoms with Crippen molar-refractivity contribution in [3.8, 4) is 17.7 Å². The highest BCUT2D eigenvalue weighted by Crippen LogP contribution is 2.23. The molecular formula is C14H12N2O. The predicted molar refractivity (Wildman–Crippen MR) is 66.9 cm³/mol. The van der Waals surface area contributed by atoms with E-state index in [1.807, 2.05) is 49.5 Å². The molecule has 0 unspecified atom stereocenters. The summed E-state index contributed by atoms with van der Waals surface area (Å²) in [6.07, 6.45) is 1.87. The summed E-state index contributed by atoms with van der Waals surface area (Å²) >= 11 is 0. The fraction of sp³-hybridized carbons (Fsp3) is 0.0714. The first kappa shape index (κ1) is 11.0. The molecule has 0 saturated heterocycles. The van der Waals surface area contributed by atoms with Crippen molar-refractivity contribution in [3.63, 3.8) is 0 Å². The molecule has 84 valence electrons. The molecule has 0 radical (unpaired) electrons. The Hall–Kier alpha value is -2.47. The maximum atomic E-state index is 8.46. The van der Waals surface area contributed by atoms with Gasteiger partial charge in [-0.25, -0.2) is 0 Å². The van der Waals surface area contributed by atoms with Crippen molar-refractivity contribution >= 4 is 5.69 Å². The van der Waals surface area contributed by atoms with E-state index in [4.69, 9.17) is 10.00 Å². The smallest absolute Gasteiger partial charge is 0.181 e. The number of nitrogens with zero attached hydrogens (tertiary/aromatic N) is 1. The van der Waals surface area contributed by atoms with Crippen molar-refractivity contribution in [1.29, 1.82) is 5.26 Å². The van der Waals surface area contributed by atoms with Gasteiger partial charge < -0.3 is 4.74 Å². The van der Waals surface area contributed by atoms with Crippen molar-refractivity contribution in [2.75, 3.05) is 5.32 Å². The molecule has 3 heteroatoms. The second-order valence-corrected chi connectivity index (χ2v) is 3.68. The van der Waals surface area contributed by atoms with Gasteiger partial charge in [0.1, 0.15) is 11.5 Å². The molecule has 0 atom stereocenters. The van der Waals surface area contributed by atoms with Crippen LogP contribution in [0.1, 0.15) is 5.56 Å². The fourth-order valence-electron chi connectivity index (χ4n) is 1.41. The SMILES string of the molecule is Cc1ccc(Oc2ccc(NC#N)cc2)cc1. The van der Waals surface area contributed by atoms with E-state index in [2.05, 4.69) is 5.32 Å². The average molecular weight is 224 g/mol. The lowest BCUT2D eigenvalue weighted by Gasteiger charge is -2.06. The standard InChI is InChI=1S/C14H12N2O/c1-11-2-6-13(7-3-11)17-14-8-4-12(5-9-14)16-10-15/h2-9,16H,1H3. The van der Waals surface area contributed by atoms with Gasteiger partial charge in [-0.2, -0.15) is 5.26 Å². The highest BCUT2D eigenvalue weighted by molar-refractivity contribution is 5.49. The number of nitriles is 1. The van der Waals surface area contributed by atoms with Crippen molar-refractivity contribution < 1.29 is 4.74 Å². The van der Waals surface area contributed by atoms with Gasteiger partial charge in [-0.1, -0.05) is 17.7 Å². The minimum Gasteiger partial charge on any atom is -0.457 e. The van der Waals surface area contributed by atoms with Gasteiger partial charge in [-0.15, -0.1) is 0 Å². The number of benzene rings is 2. The van der Waals surface area contributed by atoms with Gasteiger partial charge in [0.05, 0.1) is 0 Å². The monoisotopic (exact) mass is 224 g/mol. The van der Waals surface area contributed by atoms with Crippen LogP contribution in [0.15, 0.2) is 48.5 Å². The quantitative estimate of drug-likeness (QED) is 0.639. The summed E-state index contributed by atoms with van der Waals surface area (Å²) < 4.78 is 5.66. The first-order chi connectivity index (χ1) is 8.28. The van der Waals surface area contributed by atoms with Crippen LogP contribution in [0.25, 0.3) is 0 Å². The van der Waals surface area contributed by atoms with E-state index in [9.17, 15) is 0 Å². The molecule has 0 heterocycles. The van der Waals surface area contributed by atoms with Gasteiger partial charge in [-0.3, -0.25) is 5.32 Å². The first-order valence-corrected chi connectivity index (χ1v) is 5.27. The highest BCUT2D eigenvalue weighted by atomic mass is 16.5. The molecule has 0 aliphatic heterocycles. The molecule has 1 N–H and O–H groups in total. The molecule has 3 nitrogen and oxygen atoms in total. The summed E-state index contributed by atoms with van der Waals surface area (Å²) in [5.41, 5.74) is 1.95. The number of anilines is 1. The Kier molecular flexibility index (Phi) is 3.27. The van der Waals surface area contributed by atoms with E-state index in [0.717, 1.165) is 17.2 Å². The molecule has 0 fully saturated rings. The molecule has 2 aromatic carbocycles. The molecule has 2 rings (SSSR count). The normalized spacial score (nSPS) is 9.41. The van der Waals surface area contributed by atoms with Crippen LogP contribution in [-0.2, 0) is 0 Å². The van der Waals surface area contributed by atoms with Crippen molar-refractivity contribution in [1.82, 2.24) is 0 Å². The molecular weight excluding hydrogens is 212 g/mol. The van der Waals surface area contributed by atoms with Crippen LogP contribution >= 0.6 is 0 Å². The number of ether oxygens (including phenoxy) is 1. The van der Waals surface area contributed by atoms with Crippen LogP contribution in [0, 0.1) is 18.4 Å². The van der Waals surface area contributed by atoms with Crippen LogP contribution in [-0.4, -0.2) is 0 Å². The minimum atomic E-state index is 0.748. The lowest BCUT2D eigenvalue weighted by molar-refractivity contribution is 0.482. The van der Waals surface area contributed by atoms with E-state index in [0.29, 0.717) is 0 Å². The molecule has 0 aliphatic rings. The van der Waals surface area contributed by atoms with Crippen molar-refractivity contribution in [3.05, 3.63) is 54.1 Å². The summed E-state index contributed by atoms with van der Waals surface area (Å²) in [6, 6.07) is 15.1. The van der Waals surface area contributed by atoms with Crippen molar-refractivity contribution in [2.45, 2.75) is 6.92 Å². The largest absolute Gasteiger partial charge is 0.457 e. The van der Waals surface area contributed by atoms with Crippen LogP contribution in [0.5, 0.6) is 11.5 Å². The maximum absolute atomic E-state index is 8.46. The molecule has 0 aromatic heterocycles. The predicted octanol–water partition coefficient (Wildman–Crippen LogP) is 3.68. The van der Waals surface area contributed by atoms with Gasteiger partial charge in [0.2, 0.25) is 0 Å². The van der Waals surface area contributed by atoms with E-state index in [1.165, 1.54) is 5.56 Å². The number of rotatable bonds is 3. The molecule has 2 aromatic rings. The van der Waals surface area contributed by atoms with E-state index in [-0.39, 0.29) is 0 Å². The van der Waals surface area contributed by atoms with Gasteiger partial charge in [0.25, 0.3) is 0 Å². The Labute approximate surface area is 100 Å². The van der Waals surface area contributed by atoms with E-state index in [1.54, 1.807) is 12.1 Å². The van der Waals surface area contributed by atoms with Crippen LogP contribution < -0.4 is 10.1 Å². The molecule has 0 aliphatic carbocycles. The molecule has 17 heavy (non-hydrogen) atoms. The third-order valence-electron chi connectivity index (χ3n) is 2.31. The van der Waals surface area contributed by atoms with Crippen molar-refractivity contribution in [2.24, 2.45) is 0 Å². The Morgan fingerprint density at radius 1 is 0.941 bits per heavy atom. The Morgan fingerprint density at radius 3 is 2.00 bits per heavy atom. The topological polar surface area (TPSA) is 45.0 Å². The number of hydrogen-bond donors (Lipinski definition) is 1. The maximum Gasteiger partial charge on any atom is 0.181 e. The van der Waals surface area contributed by atoms with Crippen LogP contribution in [0.2, 0.25) is 0 Å². The number of hydrogen-bond acceptors (Lipinski definition) is 3. The summed E-state index contributed by atoms with van der Waals surface area (Å²) in [5, 5.41) is 11.0. The van der Waals surface area contributed by atoms with Gasteiger partial charge in [-0.05, 0) is 43.3 Å². The fourth-order valence-corrected chi connectivity index (χ4v) is 1.41. The third kappa shape index (κ3) is 2.99. The van der Waals surface area contributed by atoms with Gasteiger partial charge in [0, 0.05) is 5.69 Å². The zero-order valence-corrected chi connectivity index (χ0v) is 9.47. The first-order valence-electron chi connectivity index (χ1n) is 5.27. The van der Waals surface area contributed by atoms with E-state index >= 15 is 0 Å². The second-order valence-electron chi connectivity index (χ2n) is 3.68. The summed E-state index contributed by atoms with van der Waals surface area (Å²) in [7, 11) is 0. The molecule has 0 bridgehead atoms. The third-order valence-corrected chi connectivity index (χ3v) is 2.31. The summed E-state index contributed by atoms with van der Waals surface area (Å²) in [6.45, 7) is 2.03. The molecule has 0 saturated carbocycles. The lowest BCUT2D eigenvalue weighted by atomic mass is 10.2. The zero-order valence-electron chi connectivity index (χ0n) is 9.47. The lowest BCUT2D eigenvalue weighted by Crippen LogP contribution is -1.88. The van der Waals surface area contributed by atoms with Crippen LogP contribution in [0.3, 0.4) is 0 Å². The van der Waals surface area contributed by atoms with Crippen LogP contribution in [0.4, 0.5) is 5.69 Å². The number of nitrogens with one attached hydrogen (secondary N) is 1. The van der Waals surface area contributed by atoms with Gasteiger partial charge >= 0.3 is 0 Å². The summed E-state index contributed by atoms with van der Waals surface area (Å²) in [4.78, 5) is 0. The minimum absolute atomic E-state index is 0.748. The Bertz CT molecular complexity index is 524. The average Bonchev–Trinajstić information content (AvgIpc) is 2.35. The summed E-state index contributed by atoms with van der Waals surface area (Å²) in [5.74, 6) is 1.55.